The highest BCUT2D eigenvalue weighted by Gasteiger charge is 2.24. The zero-order chi connectivity index (χ0) is 8.97. The minimum atomic E-state index is -0.196. The molecule has 5 heteroatoms. The number of alkyl halides is 1. The summed E-state index contributed by atoms with van der Waals surface area (Å²) < 4.78 is 5.12. The van der Waals surface area contributed by atoms with Crippen molar-refractivity contribution in [3.63, 3.8) is 0 Å². The molecule has 0 spiro atoms. The first-order valence-electron chi connectivity index (χ1n) is 4.04. The summed E-state index contributed by atoms with van der Waals surface area (Å²) in [5.74, 6) is 0. The van der Waals surface area contributed by atoms with Crippen molar-refractivity contribution in [1.82, 2.24) is 10.2 Å². The predicted molar refractivity (Wildman–Crippen MR) is 54.4 cm³/mol. The summed E-state index contributed by atoms with van der Waals surface area (Å²) >= 11 is 2.24. The first-order chi connectivity index (χ1) is 5.75. The summed E-state index contributed by atoms with van der Waals surface area (Å²) in [7, 11) is 0. The number of ether oxygens (including phenoxy) is 1. The molecule has 1 heterocycles. The van der Waals surface area contributed by atoms with Crippen molar-refractivity contribution in [3.8, 4) is 0 Å². The average Bonchev–Trinajstić information content (AvgIpc) is 2.05. The minimum Gasteiger partial charge on any atom is -0.450 e. The third-order valence-electron chi connectivity index (χ3n) is 1.68. The van der Waals surface area contributed by atoms with Crippen LogP contribution in [0.25, 0.3) is 0 Å². The normalized spacial score (nSPS) is 23.8. The fourth-order valence-corrected chi connectivity index (χ4v) is 1.90. The molecule has 0 aromatic carbocycles. The average molecular weight is 284 g/mol. The van der Waals surface area contributed by atoms with Gasteiger partial charge in [0.2, 0.25) is 0 Å². The molecule has 1 amide bonds. The summed E-state index contributed by atoms with van der Waals surface area (Å²) in [6.07, 6.45) is -0.196. The standard InChI is InChI=1S/C7H13IN2O2/c1-2-12-7(11)10-4-3-9-5-6(10)8/h6,9H,2-5H2,1H3. The quantitative estimate of drug-likeness (QED) is 0.440. The molecule has 1 unspecified atom stereocenters. The Morgan fingerprint density at radius 1 is 1.83 bits per heavy atom. The van der Waals surface area contributed by atoms with E-state index >= 15 is 0 Å². The molecule has 1 atom stereocenters. The van der Waals surface area contributed by atoms with E-state index in [4.69, 9.17) is 4.74 Å². The maximum Gasteiger partial charge on any atom is 0.410 e. The predicted octanol–water partition coefficient (Wildman–Crippen LogP) is 0.809. The Bertz CT molecular complexity index is 165. The molecule has 1 saturated heterocycles. The Balaban J connectivity index is 2.42. The third kappa shape index (κ3) is 2.48. The van der Waals surface area contributed by atoms with E-state index in [0.717, 1.165) is 19.6 Å². The van der Waals surface area contributed by atoms with Gasteiger partial charge in [0.05, 0.1) is 10.7 Å². The summed E-state index contributed by atoms with van der Waals surface area (Å²) in [4.78, 5) is 13.0. The number of halogens is 1. The molecule has 0 radical (unpaired) electrons. The van der Waals surface area contributed by atoms with Crippen molar-refractivity contribution >= 4 is 28.7 Å². The van der Waals surface area contributed by atoms with E-state index in [0.29, 0.717) is 6.61 Å². The molecule has 0 aromatic rings. The van der Waals surface area contributed by atoms with E-state index in [-0.39, 0.29) is 10.1 Å². The number of nitrogens with zero attached hydrogens (tertiary/aromatic N) is 1. The van der Waals surface area contributed by atoms with Crippen LogP contribution in [-0.4, -0.2) is 41.3 Å². The van der Waals surface area contributed by atoms with E-state index in [1.807, 2.05) is 6.92 Å². The molecule has 12 heavy (non-hydrogen) atoms. The molecule has 1 aliphatic heterocycles. The van der Waals surface area contributed by atoms with Gasteiger partial charge in [0, 0.05) is 19.6 Å². The van der Waals surface area contributed by atoms with Crippen LogP contribution in [0.4, 0.5) is 4.79 Å². The lowest BCUT2D eigenvalue weighted by Crippen LogP contribution is -2.50. The maximum atomic E-state index is 11.3. The molecule has 1 N–H and O–H groups in total. The van der Waals surface area contributed by atoms with Crippen molar-refractivity contribution in [2.75, 3.05) is 26.2 Å². The van der Waals surface area contributed by atoms with Gasteiger partial charge in [0.15, 0.2) is 0 Å². The lowest BCUT2D eigenvalue weighted by molar-refractivity contribution is 0.0995. The SMILES string of the molecule is CCOC(=O)N1CCNCC1I. The second kappa shape index (κ2) is 4.86. The Kier molecular flexibility index (Phi) is 4.07. The molecule has 0 aliphatic carbocycles. The maximum absolute atomic E-state index is 11.3. The van der Waals surface area contributed by atoms with Crippen molar-refractivity contribution < 1.29 is 9.53 Å². The number of rotatable bonds is 1. The zero-order valence-electron chi connectivity index (χ0n) is 7.05. The highest BCUT2D eigenvalue weighted by molar-refractivity contribution is 14.1. The van der Waals surface area contributed by atoms with Gasteiger partial charge in [0.25, 0.3) is 0 Å². The lowest BCUT2D eigenvalue weighted by atomic mass is 10.4. The van der Waals surface area contributed by atoms with E-state index in [9.17, 15) is 4.79 Å². The Morgan fingerprint density at radius 3 is 3.17 bits per heavy atom. The fraction of sp³-hybridized carbons (Fsp3) is 0.857. The summed E-state index contributed by atoms with van der Waals surface area (Å²) in [6, 6.07) is 0. The van der Waals surface area contributed by atoms with E-state index in [1.165, 1.54) is 0 Å². The molecule has 0 aromatic heterocycles. The Morgan fingerprint density at radius 2 is 2.58 bits per heavy atom. The molecular formula is C7H13IN2O2. The second-order valence-corrected chi connectivity index (χ2v) is 3.97. The van der Waals surface area contributed by atoms with Crippen LogP contribution in [-0.2, 0) is 4.74 Å². The molecule has 1 fully saturated rings. The lowest BCUT2D eigenvalue weighted by Gasteiger charge is -2.31. The zero-order valence-corrected chi connectivity index (χ0v) is 9.20. The van der Waals surface area contributed by atoms with Gasteiger partial charge in [-0.3, -0.25) is 4.90 Å². The number of carbonyl (C=O) groups is 1. The van der Waals surface area contributed by atoms with Gasteiger partial charge in [-0.1, -0.05) is 22.6 Å². The third-order valence-corrected chi connectivity index (χ3v) is 2.80. The summed E-state index contributed by atoms with van der Waals surface area (Å²) in [5.41, 5.74) is 0. The van der Waals surface area contributed by atoms with Gasteiger partial charge < -0.3 is 10.1 Å². The van der Waals surface area contributed by atoms with Crippen molar-refractivity contribution in [2.45, 2.75) is 11.0 Å². The number of nitrogens with one attached hydrogen (secondary N) is 1. The van der Waals surface area contributed by atoms with E-state index < -0.39 is 0 Å². The highest BCUT2D eigenvalue weighted by Crippen LogP contribution is 2.11. The molecule has 1 aliphatic rings. The summed E-state index contributed by atoms with van der Waals surface area (Å²) in [5, 5.41) is 3.20. The van der Waals surface area contributed by atoms with Crippen LogP contribution in [0.1, 0.15) is 6.92 Å². The smallest absolute Gasteiger partial charge is 0.410 e. The van der Waals surface area contributed by atoms with Gasteiger partial charge in [0.1, 0.15) is 0 Å². The van der Waals surface area contributed by atoms with Crippen molar-refractivity contribution in [3.05, 3.63) is 0 Å². The molecule has 70 valence electrons. The van der Waals surface area contributed by atoms with Crippen LogP contribution in [0.15, 0.2) is 0 Å². The van der Waals surface area contributed by atoms with Crippen LogP contribution in [0.2, 0.25) is 0 Å². The topological polar surface area (TPSA) is 41.6 Å². The fourth-order valence-electron chi connectivity index (χ4n) is 1.08. The molecule has 0 bridgehead atoms. The van der Waals surface area contributed by atoms with Crippen LogP contribution in [0, 0.1) is 0 Å². The van der Waals surface area contributed by atoms with Crippen LogP contribution in [0.3, 0.4) is 0 Å². The number of amides is 1. The van der Waals surface area contributed by atoms with E-state index in [1.54, 1.807) is 4.90 Å². The first-order valence-corrected chi connectivity index (χ1v) is 5.28. The Labute approximate surface area is 85.8 Å². The monoisotopic (exact) mass is 284 g/mol. The van der Waals surface area contributed by atoms with Gasteiger partial charge in [-0.05, 0) is 6.92 Å². The van der Waals surface area contributed by atoms with Crippen LogP contribution >= 0.6 is 22.6 Å². The minimum absolute atomic E-state index is 0.196. The van der Waals surface area contributed by atoms with Gasteiger partial charge in [-0.2, -0.15) is 0 Å². The van der Waals surface area contributed by atoms with Crippen molar-refractivity contribution in [2.24, 2.45) is 0 Å². The number of hydrogen-bond donors (Lipinski definition) is 1. The number of hydrogen-bond acceptors (Lipinski definition) is 3. The van der Waals surface area contributed by atoms with Gasteiger partial charge in [-0.25, -0.2) is 4.79 Å². The van der Waals surface area contributed by atoms with E-state index in [2.05, 4.69) is 27.9 Å². The largest absolute Gasteiger partial charge is 0.450 e. The number of carbonyl (C=O) groups excluding carboxylic acids is 1. The Hall–Kier alpha value is -0.0400. The van der Waals surface area contributed by atoms with Gasteiger partial charge >= 0.3 is 6.09 Å². The highest BCUT2D eigenvalue weighted by atomic mass is 127. The molecule has 4 nitrogen and oxygen atoms in total. The summed E-state index contributed by atoms with van der Waals surface area (Å²) in [6.45, 7) is 4.72. The number of piperazine rings is 1. The van der Waals surface area contributed by atoms with Crippen molar-refractivity contribution in [1.29, 1.82) is 0 Å². The molecule has 0 saturated carbocycles. The van der Waals surface area contributed by atoms with Gasteiger partial charge in [-0.15, -0.1) is 0 Å². The van der Waals surface area contributed by atoms with Crippen LogP contribution < -0.4 is 5.32 Å². The first kappa shape index (κ1) is 10.0. The van der Waals surface area contributed by atoms with Crippen LogP contribution in [0.5, 0.6) is 0 Å². The molecular weight excluding hydrogens is 271 g/mol. The molecule has 1 rings (SSSR count). The second-order valence-electron chi connectivity index (χ2n) is 2.53.